The van der Waals surface area contributed by atoms with E-state index >= 15 is 0 Å². The summed E-state index contributed by atoms with van der Waals surface area (Å²) in [6.07, 6.45) is 3.58. The Hall–Kier alpha value is -4.01. The largest absolute Gasteiger partial charge is 0.379 e. The molecule has 0 aliphatic carbocycles. The van der Waals surface area contributed by atoms with Crippen LogP contribution in [0.25, 0.3) is 6.08 Å². The third kappa shape index (κ3) is 10.3. The normalized spacial score (nSPS) is 14.4. The van der Waals surface area contributed by atoms with Crippen LogP contribution in [0.15, 0.2) is 54.6 Å². The Morgan fingerprint density at radius 1 is 1.08 bits per heavy atom. The van der Waals surface area contributed by atoms with Crippen LogP contribution in [0, 0.1) is 11.8 Å². The van der Waals surface area contributed by atoms with Gasteiger partial charge in [-0.1, -0.05) is 36.1 Å². The number of carbonyl (C=O) groups excluding carboxylic acids is 3. The van der Waals surface area contributed by atoms with Gasteiger partial charge in [-0.05, 0) is 61.6 Å². The Morgan fingerprint density at radius 2 is 1.77 bits per heavy atom. The average Bonchev–Trinajstić information content (AvgIpc) is 2.94. The first-order valence-electron chi connectivity index (χ1n) is 12.7. The highest BCUT2D eigenvalue weighted by Crippen LogP contribution is 2.09. The smallest absolute Gasteiger partial charge is 0.267 e. The van der Waals surface area contributed by atoms with Crippen LogP contribution in [0.3, 0.4) is 0 Å². The predicted octanol–water partition coefficient (Wildman–Crippen LogP) is 0.865. The summed E-state index contributed by atoms with van der Waals surface area (Å²) >= 11 is 0. The molecule has 0 unspecified atom stereocenters. The predicted molar refractivity (Wildman–Crippen MR) is 148 cm³/mol. The number of hydroxylamine groups is 1. The van der Waals surface area contributed by atoms with Crippen molar-refractivity contribution in [2.75, 3.05) is 53.5 Å². The van der Waals surface area contributed by atoms with Crippen molar-refractivity contribution in [3.63, 3.8) is 0 Å². The molecule has 0 saturated carbocycles. The summed E-state index contributed by atoms with van der Waals surface area (Å²) in [5, 5.41) is 14.1. The molecule has 39 heavy (non-hydrogen) atoms. The zero-order valence-electron chi connectivity index (χ0n) is 22.3. The van der Waals surface area contributed by atoms with Crippen molar-refractivity contribution in [1.29, 1.82) is 0 Å². The summed E-state index contributed by atoms with van der Waals surface area (Å²) in [5.74, 6) is 4.48. The molecule has 0 bridgehead atoms. The fourth-order valence-corrected chi connectivity index (χ4v) is 3.81. The van der Waals surface area contributed by atoms with Crippen molar-refractivity contribution in [2.24, 2.45) is 0 Å². The van der Waals surface area contributed by atoms with E-state index in [-0.39, 0.29) is 19.0 Å². The van der Waals surface area contributed by atoms with Gasteiger partial charge in [0.15, 0.2) is 0 Å². The van der Waals surface area contributed by atoms with Crippen LogP contribution in [0.1, 0.15) is 27.0 Å². The second-order valence-electron chi connectivity index (χ2n) is 9.35. The summed E-state index contributed by atoms with van der Waals surface area (Å²) in [6.45, 7) is 4.35. The maximum Gasteiger partial charge on any atom is 0.267 e. The lowest BCUT2D eigenvalue weighted by Crippen LogP contribution is -2.52. The molecule has 10 nitrogen and oxygen atoms in total. The number of carbonyl (C=O) groups is 3. The number of benzene rings is 2. The topological polar surface area (TPSA) is 123 Å². The molecule has 1 aliphatic heterocycles. The second kappa shape index (κ2) is 15.4. The second-order valence-corrected chi connectivity index (χ2v) is 9.35. The highest BCUT2D eigenvalue weighted by molar-refractivity contribution is 5.97. The van der Waals surface area contributed by atoms with Gasteiger partial charge in [-0.3, -0.25) is 24.5 Å². The number of rotatable bonds is 10. The molecule has 4 N–H and O–H groups in total. The first kappa shape index (κ1) is 29.5. The maximum atomic E-state index is 12.6. The van der Waals surface area contributed by atoms with Crippen LogP contribution in [-0.2, 0) is 20.9 Å². The molecule has 10 heteroatoms. The Morgan fingerprint density at radius 3 is 2.41 bits per heavy atom. The highest BCUT2D eigenvalue weighted by Gasteiger charge is 2.22. The fourth-order valence-electron chi connectivity index (χ4n) is 3.81. The Labute approximate surface area is 229 Å². The van der Waals surface area contributed by atoms with Crippen molar-refractivity contribution in [3.05, 3.63) is 76.9 Å². The Kier molecular flexibility index (Phi) is 11.7. The fraction of sp³-hybridized carbons (Fsp3) is 0.345. The number of ether oxygens (including phenoxy) is 1. The van der Waals surface area contributed by atoms with Crippen molar-refractivity contribution in [1.82, 2.24) is 25.9 Å². The third-order valence-electron chi connectivity index (χ3n) is 5.91. The molecule has 0 aromatic heterocycles. The standard InChI is InChI=1S/C29H35N5O5/c1-33(2)21-27(35)30-19-26(29(37)32-38)31-28(36)25-13-11-23(12-14-25)6-4-3-5-22-7-9-24(10-8-22)20-34-15-17-39-18-16-34/h4,6-14,26,38H,15-21H2,1-2H3,(H,30,35)(H,31,36)(H,32,37)/t26-/m0/s1. The molecule has 1 atom stereocenters. The average molecular weight is 534 g/mol. The van der Waals surface area contributed by atoms with Crippen LogP contribution < -0.4 is 16.1 Å². The molecule has 206 valence electrons. The lowest BCUT2D eigenvalue weighted by atomic mass is 10.1. The van der Waals surface area contributed by atoms with Crippen LogP contribution in [0.4, 0.5) is 0 Å². The van der Waals surface area contributed by atoms with Gasteiger partial charge in [0.25, 0.3) is 11.8 Å². The number of amides is 3. The van der Waals surface area contributed by atoms with Gasteiger partial charge in [0.2, 0.25) is 5.91 Å². The zero-order chi connectivity index (χ0) is 28.0. The number of nitrogens with one attached hydrogen (secondary N) is 3. The minimum Gasteiger partial charge on any atom is -0.379 e. The summed E-state index contributed by atoms with van der Waals surface area (Å²) in [5.41, 5.74) is 4.86. The highest BCUT2D eigenvalue weighted by atomic mass is 16.5. The molecule has 3 rings (SSSR count). The monoisotopic (exact) mass is 533 g/mol. The number of likely N-dealkylation sites (N-methyl/N-ethyl adjacent to an activating group) is 1. The van der Waals surface area contributed by atoms with Crippen molar-refractivity contribution < 1.29 is 24.3 Å². The summed E-state index contributed by atoms with van der Waals surface area (Å²) in [6, 6.07) is 13.8. The van der Waals surface area contributed by atoms with Crippen LogP contribution in [0.2, 0.25) is 0 Å². The molecule has 0 radical (unpaired) electrons. The van der Waals surface area contributed by atoms with E-state index in [9.17, 15) is 14.4 Å². The molecule has 2 aromatic carbocycles. The summed E-state index contributed by atoms with van der Waals surface area (Å²) in [7, 11) is 3.47. The molecule has 1 fully saturated rings. The lowest BCUT2D eigenvalue weighted by molar-refractivity contribution is -0.131. The number of nitrogens with zero attached hydrogens (tertiary/aromatic N) is 2. The van der Waals surface area contributed by atoms with E-state index in [1.165, 1.54) is 11.0 Å². The van der Waals surface area contributed by atoms with E-state index in [1.807, 2.05) is 18.2 Å². The van der Waals surface area contributed by atoms with E-state index in [0.29, 0.717) is 5.56 Å². The van der Waals surface area contributed by atoms with Gasteiger partial charge < -0.3 is 20.3 Å². The van der Waals surface area contributed by atoms with Gasteiger partial charge in [0.05, 0.1) is 19.8 Å². The molecule has 2 aromatic rings. The van der Waals surface area contributed by atoms with Crippen molar-refractivity contribution >= 4 is 23.8 Å². The van der Waals surface area contributed by atoms with Crippen molar-refractivity contribution in [2.45, 2.75) is 12.6 Å². The Balaban J connectivity index is 1.51. The molecule has 0 spiro atoms. The third-order valence-corrected chi connectivity index (χ3v) is 5.91. The van der Waals surface area contributed by atoms with E-state index in [4.69, 9.17) is 9.94 Å². The van der Waals surface area contributed by atoms with Crippen LogP contribution in [0.5, 0.6) is 0 Å². The van der Waals surface area contributed by atoms with Crippen LogP contribution in [-0.4, -0.2) is 92.3 Å². The maximum absolute atomic E-state index is 12.6. The molecule has 1 saturated heterocycles. The molecular weight excluding hydrogens is 498 g/mol. The van der Waals surface area contributed by atoms with Gasteiger partial charge in [-0.15, -0.1) is 0 Å². The SMILES string of the molecule is CN(C)CC(=O)NC[C@H](NC(=O)c1ccc(C=CC#Cc2ccc(CN3CCOCC3)cc2)cc1)C(=O)NO. The van der Waals surface area contributed by atoms with E-state index in [1.54, 1.807) is 49.3 Å². The van der Waals surface area contributed by atoms with Gasteiger partial charge in [-0.25, -0.2) is 5.48 Å². The van der Waals surface area contributed by atoms with Gasteiger partial charge >= 0.3 is 0 Å². The molecule has 1 aliphatic rings. The minimum atomic E-state index is -1.14. The van der Waals surface area contributed by atoms with Gasteiger partial charge in [-0.2, -0.15) is 0 Å². The van der Waals surface area contributed by atoms with E-state index in [2.05, 4.69) is 39.5 Å². The van der Waals surface area contributed by atoms with E-state index < -0.39 is 17.9 Å². The Bertz CT molecular complexity index is 1190. The van der Waals surface area contributed by atoms with Gasteiger partial charge in [0, 0.05) is 37.3 Å². The molecule has 3 amide bonds. The number of morpholine rings is 1. The quantitative estimate of drug-likeness (QED) is 0.203. The molecule has 1 heterocycles. The van der Waals surface area contributed by atoms with Crippen molar-refractivity contribution in [3.8, 4) is 11.8 Å². The zero-order valence-corrected chi connectivity index (χ0v) is 22.3. The number of allylic oxidation sites excluding steroid dienone is 1. The minimum absolute atomic E-state index is 0.127. The van der Waals surface area contributed by atoms with Crippen LogP contribution >= 0.6 is 0 Å². The van der Waals surface area contributed by atoms with E-state index in [0.717, 1.165) is 44.0 Å². The summed E-state index contributed by atoms with van der Waals surface area (Å²) < 4.78 is 5.39. The molecular formula is C29H35N5O5. The number of hydrogen-bond acceptors (Lipinski definition) is 7. The lowest BCUT2D eigenvalue weighted by Gasteiger charge is -2.26. The first-order chi connectivity index (χ1) is 18.8. The van der Waals surface area contributed by atoms with Gasteiger partial charge in [0.1, 0.15) is 6.04 Å². The summed E-state index contributed by atoms with van der Waals surface area (Å²) in [4.78, 5) is 40.5. The number of hydrogen-bond donors (Lipinski definition) is 4. The first-order valence-corrected chi connectivity index (χ1v) is 12.7.